The van der Waals surface area contributed by atoms with E-state index in [4.69, 9.17) is 21.7 Å². The maximum absolute atomic E-state index is 12.4. The summed E-state index contributed by atoms with van der Waals surface area (Å²) in [6, 6.07) is 9.47. The Morgan fingerprint density at radius 3 is 2.55 bits per heavy atom. The van der Waals surface area contributed by atoms with Gasteiger partial charge in [-0.3, -0.25) is 20.2 Å². The molecule has 0 bridgehead atoms. The highest BCUT2D eigenvalue weighted by atomic mass is 79.9. The number of hydrogen-bond donors (Lipinski definition) is 2. The molecule has 160 valence electrons. The van der Waals surface area contributed by atoms with Crippen LogP contribution in [0.5, 0.6) is 11.5 Å². The maximum atomic E-state index is 12.4. The number of nitro benzene ring substituents is 1. The molecule has 0 atom stereocenters. The Labute approximate surface area is 194 Å². The Kier molecular flexibility index (Phi) is 7.15. The number of benzene rings is 2. The average molecular weight is 523 g/mol. The average Bonchev–Trinajstić information content (AvgIpc) is 3.21. The second-order valence-corrected chi connectivity index (χ2v) is 8.06. The number of halogens is 1. The van der Waals surface area contributed by atoms with Gasteiger partial charge in [-0.15, -0.1) is 11.3 Å². The summed E-state index contributed by atoms with van der Waals surface area (Å²) in [4.78, 5) is 27.4. The van der Waals surface area contributed by atoms with Crippen LogP contribution in [0.15, 0.2) is 46.3 Å². The van der Waals surface area contributed by atoms with E-state index >= 15 is 0 Å². The van der Waals surface area contributed by atoms with Crippen LogP contribution in [0.4, 0.5) is 10.8 Å². The Morgan fingerprint density at radius 1 is 1.19 bits per heavy atom. The van der Waals surface area contributed by atoms with E-state index in [0.29, 0.717) is 10.9 Å². The summed E-state index contributed by atoms with van der Waals surface area (Å²) in [7, 11) is 2.90. The van der Waals surface area contributed by atoms with Crippen molar-refractivity contribution >= 4 is 61.3 Å². The van der Waals surface area contributed by atoms with Crippen molar-refractivity contribution in [2.75, 3.05) is 19.5 Å². The lowest BCUT2D eigenvalue weighted by Gasteiger charge is -2.08. The molecule has 0 radical (unpaired) electrons. The molecule has 12 heteroatoms. The van der Waals surface area contributed by atoms with Crippen LogP contribution >= 0.6 is 39.5 Å². The predicted molar refractivity (Wildman–Crippen MR) is 125 cm³/mol. The zero-order chi connectivity index (χ0) is 22.5. The summed E-state index contributed by atoms with van der Waals surface area (Å²) >= 11 is 9.92. The monoisotopic (exact) mass is 522 g/mol. The van der Waals surface area contributed by atoms with E-state index < -0.39 is 10.8 Å². The zero-order valence-corrected chi connectivity index (χ0v) is 19.4. The number of carbonyl (C=O) groups excluding carboxylic acids is 1. The Bertz CT molecular complexity index is 1170. The first kappa shape index (κ1) is 22.6. The lowest BCUT2D eigenvalue weighted by Crippen LogP contribution is -2.34. The first-order chi connectivity index (χ1) is 14.8. The van der Waals surface area contributed by atoms with Gasteiger partial charge >= 0.3 is 5.69 Å². The second kappa shape index (κ2) is 9.81. The van der Waals surface area contributed by atoms with Crippen LogP contribution in [0.1, 0.15) is 10.4 Å². The molecule has 9 nitrogen and oxygen atoms in total. The van der Waals surface area contributed by atoms with Crippen molar-refractivity contribution in [2.24, 2.45) is 0 Å². The summed E-state index contributed by atoms with van der Waals surface area (Å²) in [6.07, 6.45) is 0. The van der Waals surface area contributed by atoms with E-state index in [-0.39, 0.29) is 22.1 Å². The minimum atomic E-state index is -0.624. The van der Waals surface area contributed by atoms with Gasteiger partial charge in [0.2, 0.25) is 0 Å². The van der Waals surface area contributed by atoms with Crippen molar-refractivity contribution in [1.82, 2.24) is 10.3 Å². The minimum Gasteiger partial charge on any atom is -0.496 e. The number of rotatable bonds is 6. The number of ether oxygens (including phenoxy) is 2. The van der Waals surface area contributed by atoms with Gasteiger partial charge in [-0.1, -0.05) is 0 Å². The summed E-state index contributed by atoms with van der Waals surface area (Å²) in [5.41, 5.74) is 1.34. The van der Waals surface area contributed by atoms with Crippen LogP contribution in [0.2, 0.25) is 0 Å². The van der Waals surface area contributed by atoms with E-state index in [1.165, 1.54) is 30.6 Å². The maximum Gasteiger partial charge on any atom is 0.311 e. The smallest absolute Gasteiger partial charge is 0.311 e. The van der Waals surface area contributed by atoms with E-state index in [0.717, 1.165) is 21.8 Å². The lowest BCUT2D eigenvalue weighted by atomic mass is 10.2. The number of carbonyl (C=O) groups is 1. The first-order valence-corrected chi connectivity index (χ1v) is 10.6. The molecule has 0 aliphatic carbocycles. The number of hydrogen-bond acceptors (Lipinski definition) is 8. The lowest BCUT2D eigenvalue weighted by molar-refractivity contribution is -0.385. The highest BCUT2D eigenvalue weighted by Crippen LogP contribution is 2.32. The molecule has 0 saturated carbocycles. The highest BCUT2D eigenvalue weighted by Gasteiger charge is 2.19. The van der Waals surface area contributed by atoms with Gasteiger partial charge in [0.05, 0.1) is 29.3 Å². The Balaban J connectivity index is 1.68. The van der Waals surface area contributed by atoms with Gasteiger partial charge in [-0.05, 0) is 58.5 Å². The van der Waals surface area contributed by atoms with Crippen LogP contribution in [-0.4, -0.2) is 35.1 Å². The van der Waals surface area contributed by atoms with Gasteiger partial charge in [0, 0.05) is 22.6 Å². The number of nitro groups is 1. The molecule has 3 rings (SSSR count). The standard InChI is InChI=1S/C19H15BrN4O5S2/c1-28-15-5-3-10(7-12(15)20)13-9-31-19(21-13)23-18(30)22-17(25)11-4-6-16(29-2)14(8-11)24(26)27/h3-9H,1-2H3,(H2,21,22,23,25,30). The molecule has 1 heterocycles. The van der Waals surface area contributed by atoms with Gasteiger partial charge in [0.25, 0.3) is 5.91 Å². The topological polar surface area (TPSA) is 116 Å². The summed E-state index contributed by atoms with van der Waals surface area (Å²) in [6.45, 7) is 0. The molecule has 31 heavy (non-hydrogen) atoms. The zero-order valence-electron chi connectivity index (χ0n) is 16.2. The number of anilines is 1. The van der Waals surface area contributed by atoms with E-state index in [1.54, 1.807) is 7.11 Å². The van der Waals surface area contributed by atoms with E-state index in [9.17, 15) is 14.9 Å². The molecule has 1 amide bonds. The third-order valence-corrected chi connectivity index (χ3v) is 5.62. The van der Waals surface area contributed by atoms with Crippen molar-refractivity contribution in [3.63, 3.8) is 0 Å². The third kappa shape index (κ3) is 5.34. The van der Waals surface area contributed by atoms with Crippen LogP contribution in [0, 0.1) is 10.1 Å². The van der Waals surface area contributed by atoms with Gasteiger partial charge in [0.1, 0.15) is 5.75 Å². The molecule has 0 aliphatic rings. The molecular weight excluding hydrogens is 508 g/mol. The fraction of sp³-hybridized carbons (Fsp3) is 0.105. The molecule has 0 aliphatic heterocycles. The number of aromatic nitrogens is 1. The molecule has 0 spiro atoms. The second-order valence-electron chi connectivity index (χ2n) is 5.94. The fourth-order valence-electron chi connectivity index (χ4n) is 2.57. The van der Waals surface area contributed by atoms with Crippen molar-refractivity contribution in [3.8, 4) is 22.8 Å². The van der Waals surface area contributed by atoms with Crippen molar-refractivity contribution in [3.05, 3.63) is 61.9 Å². The van der Waals surface area contributed by atoms with Crippen LogP contribution in [0.3, 0.4) is 0 Å². The predicted octanol–water partition coefficient (Wildman–Crippen LogP) is 4.62. The van der Waals surface area contributed by atoms with Crippen LogP contribution in [0.25, 0.3) is 11.3 Å². The Morgan fingerprint density at radius 2 is 1.90 bits per heavy atom. The Hall–Kier alpha value is -3.09. The highest BCUT2D eigenvalue weighted by molar-refractivity contribution is 9.10. The summed E-state index contributed by atoms with van der Waals surface area (Å²) in [5, 5.41) is 18.8. The fourth-order valence-corrected chi connectivity index (χ4v) is 4.09. The molecule has 2 N–H and O–H groups in total. The van der Waals surface area contributed by atoms with Crippen LogP contribution < -0.4 is 20.1 Å². The molecule has 0 unspecified atom stereocenters. The quantitative estimate of drug-likeness (QED) is 0.273. The van der Waals surface area contributed by atoms with E-state index in [1.807, 2.05) is 23.6 Å². The number of nitrogens with one attached hydrogen (secondary N) is 2. The molecule has 2 aromatic carbocycles. The van der Waals surface area contributed by atoms with Crippen LogP contribution in [-0.2, 0) is 0 Å². The van der Waals surface area contributed by atoms with E-state index in [2.05, 4.69) is 31.5 Å². The molecule has 0 fully saturated rings. The number of methoxy groups -OCH3 is 2. The van der Waals surface area contributed by atoms with Gasteiger partial charge in [0.15, 0.2) is 16.0 Å². The molecular formula is C19H15BrN4O5S2. The first-order valence-electron chi connectivity index (χ1n) is 8.56. The number of nitrogens with zero attached hydrogens (tertiary/aromatic N) is 2. The SMILES string of the molecule is COc1ccc(-c2csc(NC(=S)NC(=O)c3ccc(OC)c([N+](=O)[O-])c3)n2)cc1Br. The largest absolute Gasteiger partial charge is 0.496 e. The van der Waals surface area contributed by atoms with Gasteiger partial charge in [-0.2, -0.15) is 0 Å². The van der Waals surface area contributed by atoms with Gasteiger partial charge in [-0.25, -0.2) is 4.98 Å². The van der Waals surface area contributed by atoms with Crippen molar-refractivity contribution in [2.45, 2.75) is 0 Å². The minimum absolute atomic E-state index is 0.0142. The normalized spacial score (nSPS) is 10.3. The third-order valence-electron chi connectivity index (χ3n) is 4.04. The number of thiocarbonyl (C=S) groups is 1. The van der Waals surface area contributed by atoms with Crippen molar-refractivity contribution < 1.29 is 19.2 Å². The summed E-state index contributed by atoms with van der Waals surface area (Å²) < 4.78 is 11.0. The number of amides is 1. The molecule has 0 saturated heterocycles. The molecule has 3 aromatic rings. The van der Waals surface area contributed by atoms with Crippen molar-refractivity contribution in [1.29, 1.82) is 0 Å². The summed E-state index contributed by atoms with van der Waals surface area (Å²) in [5.74, 6) is 0.168. The van der Waals surface area contributed by atoms with Gasteiger partial charge < -0.3 is 14.8 Å². The number of thiazole rings is 1. The molecule has 1 aromatic heterocycles.